The van der Waals surface area contributed by atoms with Gasteiger partial charge in [-0.05, 0) is 18.9 Å². The van der Waals surface area contributed by atoms with Crippen LogP contribution in [0, 0.1) is 17.0 Å². The van der Waals surface area contributed by atoms with Crippen molar-refractivity contribution >= 4 is 23.1 Å². The van der Waals surface area contributed by atoms with Gasteiger partial charge in [0.1, 0.15) is 11.6 Å². The molecule has 0 spiro atoms. The van der Waals surface area contributed by atoms with Crippen LogP contribution < -0.4 is 11.1 Å². The molecule has 1 aromatic carbocycles. The van der Waals surface area contributed by atoms with Gasteiger partial charge in [0.2, 0.25) is 5.91 Å². The lowest BCUT2D eigenvalue weighted by atomic mass is 10.1. The van der Waals surface area contributed by atoms with Crippen LogP contribution >= 0.6 is 12.2 Å². The molecule has 0 heterocycles. The summed E-state index contributed by atoms with van der Waals surface area (Å²) in [4.78, 5) is 12.0. The van der Waals surface area contributed by atoms with E-state index in [1.165, 1.54) is 6.07 Å². The third-order valence-electron chi connectivity index (χ3n) is 3.11. The largest absolute Gasteiger partial charge is 0.392 e. The summed E-state index contributed by atoms with van der Waals surface area (Å²) >= 11 is 4.84. The highest BCUT2D eigenvalue weighted by molar-refractivity contribution is 7.80. The third kappa shape index (κ3) is 2.33. The lowest BCUT2D eigenvalue weighted by Gasteiger charge is -2.13. The minimum absolute atomic E-state index is 0.00465. The van der Waals surface area contributed by atoms with Gasteiger partial charge < -0.3 is 11.1 Å². The molecule has 0 saturated heterocycles. The summed E-state index contributed by atoms with van der Waals surface area (Å²) in [6.45, 7) is -0.00465. The van der Waals surface area contributed by atoms with Crippen LogP contribution in [0.5, 0.6) is 0 Å². The maximum Gasteiger partial charge on any atom is 0.233 e. The first-order valence-electron chi connectivity index (χ1n) is 5.48. The Bertz CT molecular complexity index is 515. The van der Waals surface area contributed by atoms with E-state index in [1.54, 1.807) is 0 Å². The first-order chi connectivity index (χ1) is 8.45. The number of benzene rings is 1. The molecule has 0 aliphatic heterocycles. The van der Waals surface area contributed by atoms with Crippen LogP contribution in [0.15, 0.2) is 18.2 Å². The Labute approximate surface area is 108 Å². The number of rotatable bonds is 4. The first-order valence-corrected chi connectivity index (χ1v) is 5.89. The number of carbonyl (C=O) groups excluding carboxylic acids is 1. The van der Waals surface area contributed by atoms with Crippen molar-refractivity contribution in [3.8, 4) is 0 Å². The van der Waals surface area contributed by atoms with Gasteiger partial charge in [-0.2, -0.15) is 0 Å². The molecule has 1 amide bonds. The number of thiocarbonyl (C=S) groups is 1. The summed E-state index contributed by atoms with van der Waals surface area (Å²) in [6, 6.07) is 3.22. The van der Waals surface area contributed by atoms with Gasteiger partial charge in [-0.25, -0.2) is 8.78 Å². The second-order valence-electron chi connectivity index (χ2n) is 4.36. The van der Waals surface area contributed by atoms with Crippen molar-refractivity contribution in [1.29, 1.82) is 0 Å². The van der Waals surface area contributed by atoms with Gasteiger partial charge in [0.15, 0.2) is 0 Å². The molecule has 1 fully saturated rings. The Hall–Kier alpha value is -1.56. The Morgan fingerprint density at radius 1 is 1.44 bits per heavy atom. The topological polar surface area (TPSA) is 55.1 Å². The van der Waals surface area contributed by atoms with Gasteiger partial charge in [-0.15, -0.1) is 0 Å². The lowest BCUT2D eigenvalue weighted by Crippen LogP contribution is -2.39. The highest BCUT2D eigenvalue weighted by atomic mass is 32.1. The molecule has 0 aromatic heterocycles. The second-order valence-corrected chi connectivity index (χ2v) is 4.80. The normalized spacial score (nSPS) is 16.1. The third-order valence-corrected chi connectivity index (χ3v) is 3.50. The van der Waals surface area contributed by atoms with Gasteiger partial charge in [0.25, 0.3) is 0 Å². The molecule has 18 heavy (non-hydrogen) atoms. The van der Waals surface area contributed by atoms with Crippen LogP contribution in [0.4, 0.5) is 8.78 Å². The van der Waals surface area contributed by atoms with Crippen molar-refractivity contribution in [2.45, 2.75) is 19.4 Å². The van der Waals surface area contributed by atoms with Crippen molar-refractivity contribution in [2.75, 3.05) is 0 Å². The fourth-order valence-corrected chi connectivity index (χ4v) is 2.02. The Morgan fingerprint density at radius 3 is 2.61 bits per heavy atom. The van der Waals surface area contributed by atoms with Crippen LogP contribution in [-0.4, -0.2) is 10.9 Å². The fraction of sp³-hybridized carbons (Fsp3) is 0.333. The second kappa shape index (κ2) is 4.61. The van der Waals surface area contributed by atoms with Gasteiger partial charge in [0.05, 0.1) is 10.4 Å². The Balaban J connectivity index is 2.00. The predicted octanol–water partition coefficient (Wildman–Crippen LogP) is 1.65. The Morgan fingerprint density at radius 2 is 2.11 bits per heavy atom. The van der Waals surface area contributed by atoms with E-state index in [0.717, 1.165) is 12.1 Å². The zero-order valence-electron chi connectivity index (χ0n) is 9.50. The summed E-state index contributed by atoms with van der Waals surface area (Å²) in [7, 11) is 0. The van der Waals surface area contributed by atoms with Crippen LogP contribution in [0.3, 0.4) is 0 Å². The number of hydrogen-bond donors (Lipinski definition) is 2. The molecular weight excluding hydrogens is 258 g/mol. The molecule has 3 nitrogen and oxygen atoms in total. The number of halogens is 2. The minimum Gasteiger partial charge on any atom is -0.392 e. The van der Waals surface area contributed by atoms with E-state index in [2.05, 4.69) is 5.32 Å². The van der Waals surface area contributed by atoms with E-state index < -0.39 is 17.0 Å². The SMILES string of the molecule is NC(=S)C1(C(=O)NCc2ccc(F)cc2F)CC1. The monoisotopic (exact) mass is 270 g/mol. The van der Waals surface area contributed by atoms with Crippen LogP contribution in [-0.2, 0) is 11.3 Å². The summed E-state index contributed by atoms with van der Waals surface area (Å²) in [5.41, 5.74) is 4.97. The van der Waals surface area contributed by atoms with E-state index in [9.17, 15) is 13.6 Å². The molecule has 3 N–H and O–H groups in total. The van der Waals surface area contributed by atoms with Crippen LogP contribution in [0.25, 0.3) is 0 Å². The van der Waals surface area contributed by atoms with Crippen molar-refractivity contribution in [1.82, 2.24) is 5.32 Å². The molecule has 1 saturated carbocycles. The summed E-state index contributed by atoms with van der Waals surface area (Å²) in [6.07, 6.45) is 1.25. The van der Waals surface area contributed by atoms with Gasteiger partial charge in [-0.3, -0.25) is 4.79 Å². The predicted molar refractivity (Wildman–Crippen MR) is 66.7 cm³/mol. The van der Waals surface area contributed by atoms with Gasteiger partial charge in [0, 0.05) is 18.2 Å². The van der Waals surface area contributed by atoms with Crippen molar-refractivity contribution in [3.63, 3.8) is 0 Å². The lowest BCUT2D eigenvalue weighted by molar-refractivity contribution is -0.124. The molecule has 1 aromatic rings. The summed E-state index contributed by atoms with van der Waals surface area (Å²) in [5, 5.41) is 2.57. The molecule has 1 aliphatic carbocycles. The quantitative estimate of drug-likeness (QED) is 0.818. The van der Waals surface area contributed by atoms with Crippen molar-refractivity contribution in [3.05, 3.63) is 35.4 Å². The highest BCUT2D eigenvalue weighted by Crippen LogP contribution is 2.46. The van der Waals surface area contributed by atoms with Crippen LogP contribution in [0.2, 0.25) is 0 Å². The molecule has 1 aliphatic rings. The molecule has 6 heteroatoms. The number of amides is 1. The van der Waals surface area contributed by atoms with E-state index >= 15 is 0 Å². The van der Waals surface area contributed by atoms with Gasteiger partial charge >= 0.3 is 0 Å². The molecule has 0 unspecified atom stereocenters. The highest BCUT2D eigenvalue weighted by Gasteiger charge is 2.52. The Kier molecular flexibility index (Phi) is 3.30. The average molecular weight is 270 g/mol. The fourth-order valence-electron chi connectivity index (χ4n) is 1.72. The van der Waals surface area contributed by atoms with E-state index in [1.807, 2.05) is 0 Å². The van der Waals surface area contributed by atoms with E-state index in [-0.39, 0.29) is 23.0 Å². The minimum atomic E-state index is -0.758. The molecule has 2 rings (SSSR count). The maximum atomic E-state index is 13.3. The van der Waals surface area contributed by atoms with E-state index in [0.29, 0.717) is 12.8 Å². The first kappa shape index (κ1) is 12.9. The average Bonchev–Trinajstić information content (AvgIpc) is 3.08. The molecule has 96 valence electrons. The standard InChI is InChI=1S/C12H12F2N2OS/c13-8-2-1-7(9(14)5-8)6-16-11(17)12(3-4-12)10(15)18/h1-2,5H,3-4,6H2,(H2,15,18)(H,16,17). The van der Waals surface area contributed by atoms with Crippen LogP contribution in [0.1, 0.15) is 18.4 Å². The number of hydrogen-bond acceptors (Lipinski definition) is 2. The van der Waals surface area contributed by atoms with Gasteiger partial charge in [-0.1, -0.05) is 18.3 Å². The molecule has 0 bridgehead atoms. The summed E-state index contributed by atoms with van der Waals surface area (Å²) < 4.78 is 26.0. The number of nitrogens with one attached hydrogen (secondary N) is 1. The van der Waals surface area contributed by atoms with Crippen molar-refractivity contribution < 1.29 is 13.6 Å². The number of carbonyl (C=O) groups is 1. The smallest absolute Gasteiger partial charge is 0.233 e. The molecule has 0 radical (unpaired) electrons. The number of nitrogens with two attached hydrogens (primary N) is 1. The maximum absolute atomic E-state index is 13.3. The van der Waals surface area contributed by atoms with E-state index in [4.69, 9.17) is 18.0 Å². The molecule has 0 atom stereocenters. The zero-order valence-corrected chi connectivity index (χ0v) is 10.3. The van der Waals surface area contributed by atoms with Crippen molar-refractivity contribution in [2.24, 2.45) is 11.1 Å². The zero-order chi connectivity index (χ0) is 13.3. The summed E-state index contributed by atoms with van der Waals surface area (Å²) in [5.74, 6) is -1.63. The molecular formula is C12H12F2N2OS.